The Labute approximate surface area is 245 Å². The molecule has 8 nitrogen and oxygen atoms in total. The van der Waals surface area contributed by atoms with Crippen LogP contribution in [0.1, 0.15) is 56.3 Å². The molecule has 0 spiro atoms. The number of amides is 1. The Morgan fingerprint density at radius 1 is 1.12 bits per heavy atom. The van der Waals surface area contributed by atoms with E-state index in [1.165, 1.54) is 32.2 Å². The van der Waals surface area contributed by atoms with Gasteiger partial charge in [0.25, 0.3) is 5.91 Å². The molecule has 5 atom stereocenters. The molecule has 42 heavy (non-hydrogen) atoms. The van der Waals surface area contributed by atoms with Gasteiger partial charge in [-0.05, 0) is 75.1 Å². The highest BCUT2D eigenvalue weighted by atomic mass is 35.5. The van der Waals surface area contributed by atoms with Gasteiger partial charge in [-0.2, -0.15) is 0 Å². The van der Waals surface area contributed by atoms with Crippen molar-refractivity contribution in [3.8, 4) is 0 Å². The third-order valence-electron chi connectivity index (χ3n) is 8.62. The molecule has 0 aromatic heterocycles. The highest BCUT2D eigenvalue weighted by molar-refractivity contribution is 7.92. The monoisotopic (exact) mass is 626 g/mol. The number of carbonyl (C=O) groups excluding carboxylic acids is 1. The van der Waals surface area contributed by atoms with Gasteiger partial charge in [0.05, 0.1) is 26.5 Å². The van der Waals surface area contributed by atoms with E-state index in [0.717, 1.165) is 6.07 Å². The summed E-state index contributed by atoms with van der Waals surface area (Å²) >= 11 is 6.28. The molecule has 1 aliphatic heterocycles. The van der Waals surface area contributed by atoms with Crippen molar-refractivity contribution in [3.05, 3.63) is 70.1 Å². The van der Waals surface area contributed by atoms with Crippen LogP contribution in [0, 0.1) is 29.3 Å². The summed E-state index contributed by atoms with van der Waals surface area (Å²) in [4.78, 5) is 16.9. The van der Waals surface area contributed by atoms with Gasteiger partial charge in [-0.25, -0.2) is 21.6 Å². The number of carbonyl (C=O) groups is 1. The smallest absolute Gasteiger partial charge is 0.255 e. The standard InChI is InChI=1S/C29H30ClF3N2O6S/c1-28(2,38)26(36)15-8-24(34-13-15)29(39)16-4-5-17(29)10-19(9-16)42(40,41)23-7-14(3-6-20(23)30)27(37)35-18-11-21(31)25(33)22(32)12-18/h3,6-7,11-13,16-17,19,26,36,38-39H,4-5,8-10H2,1-2H3,(H,35,37)/t16-,17?,19?,26?,29?/m0/s1. The first-order chi connectivity index (χ1) is 19.5. The van der Waals surface area contributed by atoms with Crippen LogP contribution in [0.5, 0.6) is 0 Å². The van der Waals surface area contributed by atoms with E-state index in [1.807, 2.05) is 0 Å². The zero-order chi connectivity index (χ0) is 30.8. The SMILES string of the molecule is CC(C)(O)C(O)C1=CN=C(C2(O)C3CC[C@H]2CC(S(=O)(=O)c2cc(C(=O)Nc4cc(F)c(F)c(F)c4)ccc2Cl)C3)C1. The molecule has 3 aliphatic rings. The van der Waals surface area contributed by atoms with Crippen molar-refractivity contribution >= 4 is 38.7 Å². The largest absolute Gasteiger partial charge is 0.387 e. The second-order valence-corrected chi connectivity index (χ2v) is 14.4. The van der Waals surface area contributed by atoms with Gasteiger partial charge in [0.2, 0.25) is 0 Å². The van der Waals surface area contributed by atoms with E-state index in [-0.39, 0.29) is 40.4 Å². The highest BCUT2D eigenvalue weighted by Crippen LogP contribution is 2.54. The van der Waals surface area contributed by atoms with E-state index < -0.39 is 67.6 Å². The molecule has 0 radical (unpaired) electrons. The van der Waals surface area contributed by atoms with Gasteiger partial charge in [0.1, 0.15) is 11.7 Å². The van der Waals surface area contributed by atoms with Crippen LogP contribution in [0.2, 0.25) is 5.02 Å². The Morgan fingerprint density at radius 2 is 1.71 bits per heavy atom. The number of fused-ring (bicyclic) bond motifs is 2. The molecule has 2 bridgehead atoms. The maximum absolute atomic E-state index is 13.8. The van der Waals surface area contributed by atoms with Crippen molar-refractivity contribution in [2.45, 2.75) is 73.4 Å². The van der Waals surface area contributed by atoms with Crippen LogP contribution in [-0.2, 0) is 9.84 Å². The molecule has 1 heterocycles. The minimum absolute atomic E-state index is 0.110. The molecule has 2 aromatic rings. The van der Waals surface area contributed by atoms with Crippen LogP contribution in [0.4, 0.5) is 18.9 Å². The van der Waals surface area contributed by atoms with E-state index >= 15 is 0 Å². The lowest BCUT2D eigenvalue weighted by Gasteiger charge is -2.43. The van der Waals surface area contributed by atoms with E-state index in [4.69, 9.17) is 11.6 Å². The summed E-state index contributed by atoms with van der Waals surface area (Å²) in [5.41, 5.74) is -2.37. The van der Waals surface area contributed by atoms with Gasteiger partial charge in [-0.1, -0.05) is 11.6 Å². The minimum Gasteiger partial charge on any atom is -0.387 e. The first-order valence-electron chi connectivity index (χ1n) is 13.4. The summed E-state index contributed by atoms with van der Waals surface area (Å²) in [6.45, 7) is 2.94. The van der Waals surface area contributed by atoms with Gasteiger partial charge in [0.15, 0.2) is 27.3 Å². The summed E-state index contributed by atoms with van der Waals surface area (Å²) in [6, 6.07) is 4.77. The normalized spacial score (nSPS) is 26.5. The van der Waals surface area contributed by atoms with Crippen LogP contribution in [0.25, 0.3) is 0 Å². The lowest BCUT2D eigenvalue weighted by molar-refractivity contribution is -0.0295. The second kappa shape index (κ2) is 10.7. The summed E-state index contributed by atoms with van der Waals surface area (Å²) in [6.07, 6.45) is 1.79. The van der Waals surface area contributed by atoms with Crippen molar-refractivity contribution in [2.24, 2.45) is 16.8 Å². The number of nitrogens with zero attached hydrogens (tertiary/aromatic N) is 1. The Bertz CT molecular complexity index is 1580. The second-order valence-electron chi connectivity index (χ2n) is 11.8. The molecule has 4 N–H and O–H groups in total. The number of rotatable bonds is 7. The fraction of sp³-hybridized carbons (Fsp3) is 0.448. The molecule has 1 amide bonds. The summed E-state index contributed by atoms with van der Waals surface area (Å²) in [7, 11) is -4.10. The van der Waals surface area contributed by atoms with E-state index in [1.54, 1.807) is 0 Å². The van der Waals surface area contributed by atoms with Crippen molar-refractivity contribution in [3.63, 3.8) is 0 Å². The zero-order valence-corrected chi connectivity index (χ0v) is 24.3. The highest BCUT2D eigenvalue weighted by Gasteiger charge is 2.58. The number of anilines is 1. The number of halogens is 4. The topological polar surface area (TPSA) is 136 Å². The number of aliphatic hydroxyl groups is 3. The lowest BCUT2D eigenvalue weighted by Crippen LogP contribution is -2.53. The van der Waals surface area contributed by atoms with E-state index in [2.05, 4.69) is 10.3 Å². The molecule has 0 saturated heterocycles. The van der Waals surface area contributed by atoms with Crippen molar-refractivity contribution in [2.75, 3.05) is 5.32 Å². The average Bonchev–Trinajstić information content (AvgIpc) is 3.44. The zero-order valence-electron chi connectivity index (χ0n) is 22.7. The van der Waals surface area contributed by atoms with Gasteiger partial charge >= 0.3 is 0 Å². The first-order valence-corrected chi connectivity index (χ1v) is 15.3. The quantitative estimate of drug-likeness (QED) is 0.333. The number of sulfone groups is 1. The molecular weight excluding hydrogens is 597 g/mol. The number of aliphatic hydroxyl groups excluding tert-OH is 1. The maximum atomic E-state index is 13.8. The van der Waals surface area contributed by atoms with Gasteiger partial charge in [-0.15, -0.1) is 0 Å². The summed E-state index contributed by atoms with van der Waals surface area (Å²) < 4.78 is 68.1. The lowest BCUT2D eigenvalue weighted by atomic mass is 9.70. The Morgan fingerprint density at radius 3 is 2.29 bits per heavy atom. The Hall–Kier alpha value is -2.77. The van der Waals surface area contributed by atoms with E-state index in [9.17, 15) is 41.7 Å². The fourth-order valence-electron chi connectivity index (χ4n) is 6.41. The first kappa shape index (κ1) is 30.7. The van der Waals surface area contributed by atoms with Crippen LogP contribution in [0.15, 0.2) is 52.0 Å². The molecule has 5 rings (SSSR count). The summed E-state index contributed by atoms with van der Waals surface area (Å²) in [5.74, 6) is -6.45. The van der Waals surface area contributed by atoms with Crippen LogP contribution in [-0.4, -0.2) is 57.9 Å². The average molecular weight is 627 g/mol. The van der Waals surface area contributed by atoms with Crippen LogP contribution in [0.3, 0.4) is 0 Å². The van der Waals surface area contributed by atoms with Gasteiger partial charge in [0, 0.05) is 36.0 Å². The fourth-order valence-corrected chi connectivity index (χ4v) is 8.81. The number of hydrogen-bond donors (Lipinski definition) is 4. The molecule has 2 saturated carbocycles. The molecule has 2 aromatic carbocycles. The van der Waals surface area contributed by atoms with Crippen molar-refractivity contribution in [1.29, 1.82) is 0 Å². The Balaban J connectivity index is 1.35. The number of aliphatic imine (C=N–C) groups is 1. The predicted octanol–water partition coefficient (Wildman–Crippen LogP) is 4.56. The number of nitrogens with one attached hydrogen (secondary N) is 1. The Kier molecular flexibility index (Phi) is 7.85. The number of hydrogen-bond acceptors (Lipinski definition) is 7. The molecule has 2 aliphatic carbocycles. The minimum atomic E-state index is -4.10. The molecule has 2 fully saturated rings. The maximum Gasteiger partial charge on any atom is 0.255 e. The number of benzene rings is 2. The molecule has 4 unspecified atom stereocenters. The third-order valence-corrected chi connectivity index (χ3v) is 11.3. The molecule has 13 heteroatoms. The van der Waals surface area contributed by atoms with Crippen LogP contribution < -0.4 is 5.32 Å². The van der Waals surface area contributed by atoms with Crippen molar-refractivity contribution < 1.29 is 41.7 Å². The molecule has 226 valence electrons. The van der Waals surface area contributed by atoms with E-state index in [0.29, 0.717) is 36.3 Å². The van der Waals surface area contributed by atoms with Gasteiger partial charge in [-0.3, -0.25) is 9.79 Å². The third kappa shape index (κ3) is 5.28. The predicted molar refractivity (Wildman–Crippen MR) is 150 cm³/mol. The van der Waals surface area contributed by atoms with Gasteiger partial charge < -0.3 is 20.6 Å². The van der Waals surface area contributed by atoms with Crippen molar-refractivity contribution in [1.82, 2.24) is 0 Å². The molecular formula is C29H30ClF3N2O6S. The summed E-state index contributed by atoms with van der Waals surface area (Å²) in [5, 5.41) is 33.7. The van der Waals surface area contributed by atoms with Crippen LogP contribution >= 0.6 is 11.6 Å².